The molecule has 2 aromatic carbocycles. The number of aromatic hydroxyl groups is 1. The summed E-state index contributed by atoms with van der Waals surface area (Å²) in [6, 6.07) is 14.5. The number of nitrogens with zero attached hydrogens (tertiary/aromatic N) is 1. The first-order chi connectivity index (χ1) is 12.6. The predicted octanol–water partition coefficient (Wildman–Crippen LogP) is 3.49. The second-order valence-corrected chi connectivity index (χ2v) is 6.91. The summed E-state index contributed by atoms with van der Waals surface area (Å²) in [7, 11) is 0. The van der Waals surface area contributed by atoms with Crippen LogP contribution in [0, 0.1) is 4.77 Å². The van der Waals surface area contributed by atoms with E-state index in [4.69, 9.17) is 23.8 Å². The normalized spacial score (nSPS) is 16.3. The van der Waals surface area contributed by atoms with Gasteiger partial charge < -0.3 is 10.4 Å². The number of hydrogen-bond acceptors (Lipinski definition) is 4. The van der Waals surface area contributed by atoms with Crippen molar-refractivity contribution in [2.75, 3.05) is 6.54 Å². The van der Waals surface area contributed by atoms with Crippen LogP contribution in [0.2, 0.25) is 5.02 Å². The molecule has 3 aromatic rings. The van der Waals surface area contributed by atoms with Crippen LogP contribution < -0.4 is 10.9 Å². The Bertz CT molecular complexity index is 1110. The average molecular weight is 386 g/mol. The molecule has 1 aliphatic rings. The highest BCUT2D eigenvalue weighted by atomic mass is 35.5. The van der Waals surface area contributed by atoms with E-state index in [1.807, 2.05) is 24.3 Å². The smallest absolute Gasteiger partial charge is 0.260 e. The lowest BCUT2D eigenvalue weighted by Gasteiger charge is -2.27. The Morgan fingerprint density at radius 3 is 2.69 bits per heavy atom. The van der Waals surface area contributed by atoms with Crippen molar-refractivity contribution in [1.82, 2.24) is 14.9 Å². The number of hydrogen-bond donors (Lipinski definition) is 3. The fraction of sp³-hybridized carbons (Fsp3) is 0.158. The second-order valence-electron chi connectivity index (χ2n) is 6.12. The van der Waals surface area contributed by atoms with Gasteiger partial charge in [0.15, 0.2) is 4.77 Å². The summed E-state index contributed by atoms with van der Waals surface area (Å²) in [6.45, 7) is 0.711. The molecular formula is C19H16ClN3O2S. The van der Waals surface area contributed by atoms with Crippen molar-refractivity contribution in [2.24, 2.45) is 0 Å². The van der Waals surface area contributed by atoms with Gasteiger partial charge in [-0.15, -0.1) is 0 Å². The molecule has 0 saturated heterocycles. The second kappa shape index (κ2) is 6.72. The minimum absolute atomic E-state index is 0.0912. The summed E-state index contributed by atoms with van der Waals surface area (Å²) in [5, 5.41) is 14.7. The van der Waals surface area contributed by atoms with Gasteiger partial charge in [0.2, 0.25) is 5.88 Å². The van der Waals surface area contributed by atoms with E-state index in [1.165, 1.54) is 4.57 Å². The van der Waals surface area contributed by atoms with Gasteiger partial charge in [0.25, 0.3) is 5.56 Å². The van der Waals surface area contributed by atoms with Gasteiger partial charge in [-0.05, 0) is 41.9 Å². The third-order valence-corrected chi connectivity index (χ3v) is 5.22. The largest absolute Gasteiger partial charge is 0.494 e. The fourth-order valence-electron chi connectivity index (χ4n) is 3.42. The van der Waals surface area contributed by atoms with Crippen LogP contribution in [0.3, 0.4) is 0 Å². The van der Waals surface area contributed by atoms with Gasteiger partial charge >= 0.3 is 0 Å². The molecule has 0 radical (unpaired) electrons. The Morgan fingerprint density at radius 1 is 1.15 bits per heavy atom. The van der Waals surface area contributed by atoms with Gasteiger partial charge in [0.1, 0.15) is 0 Å². The minimum Gasteiger partial charge on any atom is -0.494 e. The molecule has 0 unspecified atom stereocenters. The molecule has 3 N–H and O–H groups in total. The van der Waals surface area contributed by atoms with E-state index in [0.29, 0.717) is 17.3 Å². The van der Waals surface area contributed by atoms with Crippen molar-refractivity contribution < 1.29 is 5.11 Å². The molecule has 0 aliphatic carbocycles. The molecule has 26 heavy (non-hydrogen) atoms. The highest BCUT2D eigenvalue weighted by molar-refractivity contribution is 7.71. The van der Waals surface area contributed by atoms with Gasteiger partial charge in [0.05, 0.1) is 22.3 Å². The van der Waals surface area contributed by atoms with E-state index in [9.17, 15) is 9.90 Å². The third-order valence-electron chi connectivity index (χ3n) is 4.61. The first-order valence-electron chi connectivity index (χ1n) is 8.22. The van der Waals surface area contributed by atoms with E-state index in [2.05, 4.69) is 10.3 Å². The van der Waals surface area contributed by atoms with Gasteiger partial charge in [-0.25, -0.2) is 0 Å². The molecule has 132 valence electrons. The molecule has 1 aromatic heterocycles. The number of aromatic nitrogens is 2. The van der Waals surface area contributed by atoms with Gasteiger partial charge in [-0.1, -0.05) is 48.0 Å². The maximum atomic E-state index is 12.7. The zero-order valence-electron chi connectivity index (χ0n) is 13.7. The predicted molar refractivity (Wildman–Crippen MR) is 104 cm³/mol. The van der Waals surface area contributed by atoms with Crippen molar-refractivity contribution in [1.29, 1.82) is 0 Å². The van der Waals surface area contributed by atoms with Gasteiger partial charge in [-0.2, -0.15) is 0 Å². The highest BCUT2D eigenvalue weighted by Crippen LogP contribution is 2.33. The number of H-pyrrole nitrogens is 1. The lowest BCUT2D eigenvalue weighted by atomic mass is 9.90. The van der Waals surface area contributed by atoms with Crippen molar-refractivity contribution in [3.8, 4) is 11.6 Å². The Hall–Kier alpha value is -2.41. The Labute approximate surface area is 159 Å². The van der Waals surface area contributed by atoms with Crippen LogP contribution in [0.15, 0.2) is 53.3 Å². The van der Waals surface area contributed by atoms with Crippen molar-refractivity contribution in [2.45, 2.75) is 12.5 Å². The molecule has 1 atom stereocenters. The first-order valence-corrected chi connectivity index (χ1v) is 9.01. The van der Waals surface area contributed by atoms with E-state index in [1.54, 1.807) is 24.3 Å². The SMILES string of the molecule is O=c1[nH]c(=S)n(-c2ccccc2Cl)c(O)c1[C@H]1NCCc2ccccc21. The van der Waals surface area contributed by atoms with E-state index in [0.717, 1.165) is 17.5 Å². The Balaban J connectivity index is 1.98. The third kappa shape index (κ3) is 2.76. The summed E-state index contributed by atoms with van der Waals surface area (Å²) >= 11 is 11.6. The minimum atomic E-state index is -0.423. The van der Waals surface area contributed by atoms with Crippen molar-refractivity contribution in [3.63, 3.8) is 0 Å². The average Bonchev–Trinajstić information content (AvgIpc) is 2.63. The monoisotopic (exact) mass is 385 g/mol. The number of fused-ring (bicyclic) bond motifs is 1. The molecule has 0 saturated carbocycles. The summed E-state index contributed by atoms with van der Waals surface area (Å²) in [6.07, 6.45) is 0.870. The van der Waals surface area contributed by atoms with Crippen LogP contribution in [-0.4, -0.2) is 21.2 Å². The quantitative estimate of drug-likeness (QED) is 0.590. The molecule has 2 heterocycles. The van der Waals surface area contributed by atoms with Crippen LogP contribution in [0.25, 0.3) is 5.69 Å². The first kappa shape index (κ1) is 17.0. The zero-order chi connectivity index (χ0) is 18.3. The number of nitrogens with one attached hydrogen (secondary N) is 2. The maximum absolute atomic E-state index is 12.7. The standard InChI is InChI=1S/C19H16ClN3O2S/c20-13-7-3-4-8-14(13)23-18(25)15(17(24)22-19(23)26)16-12-6-2-1-5-11(12)9-10-21-16/h1-8,16,21,25H,9-10H2,(H,22,24,26)/t16-/m0/s1. The van der Waals surface area contributed by atoms with Crippen molar-refractivity contribution >= 4 is 23.8 Å². The van der Waals surface area contributed by atoms with Crippen LogP contribution in [0.1, 0.15) is 22.7 Å². The zero-order valence-corrected chi connectivity index (χ0v) is 15.3. The summed E-state index contributed by atoms with van der Waals surface area (Å²) < 4.78 is 1.49. The number of aromatic amines is 1. The van der Waals surface area contributed by atoms with Gasteiger partial charge in [0, 0.05) is 6.54 Å². The molecular weight excluding hydrogens is 370 g/mol. The molecule has 0 spiro atoms. The molecule has 0 amide bonds. The van der Waals surface area contributed by atoms with Crippen LogP contribution in [0.4, 0.5) is 0 Å². The van der Waals surface area contributed by atoms with Crippen LogP contribution in [-0.2, 0) is 6.42 Å². The van der Waals surface area contributed by atoms with E-state index < -0.39 is 11.6 Å². The van der Waals surface area contributed by atoms with Crippen molar-refractivity contribution in [3.05, 3.63) is 85.4 Å². The summed E-state index contributed by atoms with van der Waals surface area (Å²) in [5.74, 6) is -0.207. The highest BCUT2D eigenvalue weighted by Gasteiger charge is 2.28. The summed E-state index contributed by atoms with van der Waals surface area (Å²) in [5.41, 5.74) is 2.46. The maximum Gasteiger partial charge on any atom is 0.260 e. The Kier molecular flexibility index (Phi) is 4.40. The van der Waals surface area contributed by atoms with E-state index in [-0.39, 0.29) is 16.2 Å². The summed E-state index contributed by atoms with van der Waals surface area (Å²) in [4.78, 5) is 15.3. The van der Waals surface area contributed by atoms with Crippen LogP contribution >= 0.6 is 23.8 Å². The van der Waals surface area contributed by atoms with Gasteiger partial charge in [-0.3, -0.25) is 14.3 Å². The molecule has 7 heteroatoms. The molecule has 5 nitrogen and oxygen atoms in total. The number of para-hydroxylation sites is 1. The topological polar surface area (TPSA) is 70.0 Å². The Morgan fingerprint density at radius 2 is 1.88 bits per heavy atom. The molecule has 1 aliphatic heterocycles. The number of benzene rings is 2. The van der Waals surface area contributed by atoms with Crippen LogP contribution in [0.5, 0.6) is 5.88 Å². The van der Waals surface area contributed by atoms with E-state index >= 15 is 0 Å². The lowest BCUT2D eigenvalue weighted by Crippen LogP contribution is -2.35. The molecule has 0 bridgehead atoms. The lowest BCUT2D eigenvalue weighted by molar-refractivity contribution is 0.413. The number of halogens is 1. The number of rotatable bonds is 2. The molecule has 4 rings (SSSR count). The fourth-order valence-corrected chi connectivity index (χ4v) is 3.92. The molecule has 0 fully saturated rings.